The predicted octanol–water partition coefficient (Wildman–Crippen LogP) is 14.6. The van der Waals surface area contributed by atoms with Gasteiger partial charge in [0.2, 0.25) is 0 Å². The Balaban J connectivity index is 1.10. The van der Waals surface area contributed by atoms with Crippen LogP contribution in [0.1, 0.15) is 0 Å². The highest BCUT2D eigenvalue weighted by Crippen LogP contribution is 2.46. The molecular weight excluding hydrogens is 647 g/mol. The van der Waals surface area contributed by atoms with Gasteiger partial charge < -0.3 is 13.7 Å². The van der Waals surface area contributed by atoms with Crippen molar-refractivity contribution in [2.45, 2.75) is 0 Å². The molecule has 0 amide bonds. The number of rotatable bonds is 5. The second kappa shape index (κ2) is 11.7. The van der Waals surface area contributed by atoms with Gasteiger partial charge in [-0.3, -0.25) is 0 Å². The van der Waals surface area contributed by atoms with Gasteiger partial charge in [0, 0.05) is 54.8 Å². The molecular formula is C50H31NO2. The van der Waals surface area contributed by atoms with E-state index in [4.69, 9.17) is 8.83 Å². The molecule has 3 nitrogen and oxygen atoms in total. The smallest absolute Gasteiger partial charge is 0.143 e. The number of hydrogen-bond acceptors (Lipinski definition) is 3. The minimum atomic E-state index is 0.898. The molecule has 0 atom stereocenters. The molecule has 3 heteroatoms. The van der Waals surface area contributed by atoms with Gasteiger partial charge in [-0.05, 0) is 64.4 Å². The molecule has 0 aliphatic heterocycles. The van der Waals surface area contributed by atoms with Crippen molar-refractivity contribution in [1.29, 1.82) is 0 Å². The van der Waals surface area contributed by atoms with E-state index in [-0.39, 0.29) is 0 Å². The molecule has 0 bridgehead atoms. The highest BCUT2D eigenvalue weighted by molar-refractivity contribution is 6.21. The van der Waals surface area contributed by atoms with Gasteiger partial charge in [-0.1, -0.05) is 146 Å². The van der Waals surface area contributed by atoms with Crippen LogP contribution >= 0.6 is 0 Å². The van der Waals surface area contributed by atoms with E-state index in [1.54, 1.807) is 0 Å². The molecule has 0 fully saturated rings. The van der Waals surface area contributed by atoms with Crippen LogP contribution in [0.5, 0.6) is 0 Å². The second-order valence-corrected chi connectivity index (χ2v) is 13.7. The van der Waals surface area contributed by atoms with Crippen LogP contribution in [0.2, 0.25) is 0 Å². The van der Waals surface area contributed by atoms with E-state index in [0.29, 0.717) is 0 Å². The predicted molar refractivity (Wildman–Crippen MR) is 222 cm³/mol. The molecule has 248 valence electrons. The molecule has 0 radical (unpaired) electrons. The minimum absolute atomic E-state index is 0.898. The van der Waals surface area contributed by atoms with E-state index >= 15 is 0 Å². The summed E-state index contributed by atoms with van der Waals surface area (Å²) in [7, 11) is 0. The fourth-order valence-electron chi connectivity index (χ4n) is 8.14. The summed E-state index contributed by atoms with van der Waals surface area (Å²) >= 11 is 0. The lowest BCUT2D eigenvalue weighted by Gasteiger charge is -2.27. The van der Waals surface area contributed by atoms with Crippen molar-refractivity contribution in [3.63, 3.8) is 0 Å². The van der Waals surface area contributed by atoms with Crippen LogP contribution in [0.25, 0.3) is 87.7 Å². The molecule has 0 N–H and O–H groups in total. The highest BCUT2D eigenvalue weighted by atomic mass is 16.3. The Morgan fingerprint density at radius 1 is 0.321 bits per heavy atom. The maximum absolute atomic E-state index is 6.90. The van der Waals surface area contributed by atoms with Crippen LogP contribution in [0, 0.1) is 0 Å². The van der Waals surface area contributed by atoms with E-state index in [2.05, 4.69) is 181 Å². The summed E-state index contributed by atoms with van der Waals surface area (Å²) in [6, 6.07) is 66.7. The third-order valence-corrected chi connectivity index (χ3v) is 10.6. The molecule has 9 aromatic carbocycles. The van der Waals surface area contributed by atoms with Crippen molar-refractivity contribution in [2.75, 3.05) is 4.90 Å². The summed E-state index contributed by atoms with van der Waals surface area (Å²) in [6.07, 6.45) is 0. The van der Waals surface area contributed by atoms with E-state index in [0.717, 1.165) is 94.0 Å². The standard InChI is InChI=1S/C50H31NO2/c1-2-14-36(15-3-1)51(37-28-26-33(27-29-37)38-19-10-21-43-41-17-8-9-23-47(41)52-48(38)43)46-31-45-44-22-11-20-39(35-25-24-32-12-4-5-13-34(32)30-35)49(44)53-50(45)42-18-7-6-16-40(42)46/h1-31H. The monoisotopic (exact) mass is 677 g/mol. The lowest BCUT2D eigenvalue weighted by atomic mass is 9.98. The van der Waals surface area contributed by atoms with Crippen molar-refractivity contribution in [2.24, 2.45) is 0 Å². The lowest BCUT2D eigenvalue weighted by Crippen LogP contribution is -2.10. The van der Waals surface area contributed by atoms with Gasteiger partial charge in [-0.25, -0.2) is 0 Å². The van der Waals surface area contributed by atoms with Crippen molar-refractivity contribution >= 4 is 82.5 Å². The molecule has 53 heavy (non-hydrogen) atoms. The fourth-order valence-corrected chi connectivity index (χ4v) is 8.14. The van der Waals surface area contributed by atoms with Crippen molar-refractivity contribution in [3.8, 4) is 22.3 Å². The molecule has 11 aromatic rings. The Hall–Kier alpha value is -7.10. The van der Waals surface area contributed by atoms with Crippen molar-refractivity contribution < 1.29 is 8.83 Å². The first kappa shape index (κ1) is 29.6. The zero-order chi connectivity index (χ0) is 34.9. The average molecular weight is 678 g/mol. The molecule has 11 rings (SSSR count). The maximum atomic E-state index is 6.90. The molecule has 2 heterocycles. The number of benzene rings is 9. The Kier molecular flexibility index (Phi) is 6.55. The first-order chi connectivity index (χ1) is 26.3. The summed E-state index contributed by atoms with van der Waals surface area (Å²) in [5.41, 5.74) is 11.2. The molecule has 0 unspecified atom stereocenters. The van der Waals surface area contributed by atoms with Crippen molar-refractivity contribution in [3.05, 3.63) is 188 Å². The SMILES string of the molecule is c1ccc(N(c2ccc(-c3cccc4c3oc3ccccc34)cc2)c2cc3c4cccc(-c5ccc6ccccc6c5)c4oc3c3ccccc23)cc1. The van der Waals surface area contributed by atoms with Gasteiger partial charge in [-0.2, -0.15) is 0 Å². The third-order valence-electron chi connectivity index (χ3n) is 10.6. The molecule has 0 spiro atoms. The van der Waals surface area contributed by atoms with Gasteiger partial charge in [0.05, 0.1) is 5.69 Å². The molecule has 2 aromatic heterocycles. The second-order valence-electron chi connectivity index (χ2n) is 13.7. The number of nitrogens with zero attached hydrogens (tertiary/aromatic N) is 1. The Morgan fingerprint density at radius 3 is 1.70 bits per heavy atom. The first-order valence-electron chi connectivity index (χ1n) is 18.0. The number of furan rings is 2. The van der Waals surface area contributed by atoms with Crippen LogP contribution in [-0.2, 0) is 0 Å². The molecule has 0 saturated heterocycles. The zero-order valence-electron chi connectivity index (χ0n) is 28.7. The molecule has 0 aliphatic carbocycles. The third kappa shape index (κ3) is 4.68. The van der Waals surface area contributed by atoms with E-state index < -0.39 is 0 Å². The highest BCUT2D eigenvalue weighted by Gasteiger charge is 2.22. The Bertz CT molecular complexity index is 3170. The number of fused-ring (bicyclic) bond motifs is 9. The minimum Gasteiger partial charge on any atom is -0.455 e. The fraction of sp³-hybridized carbons (Fsp3) is 0. The Morgan fingerprint density at radius 2 is 0.887 bits per heavy atom. The first-order valence-corrected chi connectivity index (χ1v) is 18.0. The van der Waals surface area contributed by atoms with Gasteiger partial charge in [0.15, 0.2) is 0 Å². The summed E-state index contributed by atoms with van der Waals surface area (Å²) < 4.78 is 13.3. The maximum Gasteiger partial charge on any atom is 0.143 e. The van der Waals surface area contributed by atoms with E-state index in [9.17, 15) is 0 Å². The summed E-state index contributed by atoms with van der Waals surface area (Å²) in [5, 5.41) is 9.08. The van der Waals surface area contributed by atoms with Crippen LogP contribution in [0.15, 0.2) is 197 Å². The van der Waals surface area contributed by atoms with Gasteiger partial charge in [0.1, 0.15) is 22.3 Å². The summed E-state index contributed by atoms with van der Waals surface area (Å²) in [6.45, 7) is 0. The number of para-hydroxylation sites is 4. The number of anilines is 3. The molecule has 0 saturated carbocycles. The van der Waals surface area contributed by atoms with Crippen LogP contribution in [0.3, 0.4) is 0 Å². The largest absolute Gasteiger partial charge is 0.455 e. The van der Waals surface area contributed by atoms with Gasteiger partial charge in [-0.15, -0.1) is 0 Å². The van der Waals surface area contributed by atoms with Crippen LogP contribution in [-0.4, -0.2) is 0 Å². The van der Waals surface area contributed by atoms with Crippen LogP contribution in [0.4, 0.5) is 17.1 Å². The van der Waals surface area contributed by atoms with Gasteiger partial charge >= 0.3 is 0 Å². The summed E-state index contributed by atoms with van der Waals surface area (Å²) in [5.74, 6) is 0. The van der Waals surface area contributed by atoms with E-state index in [1.165, 1.54) is 10.8 Å². The Labute approximate surface area is 305 Å². The quantitative estimate of drug-likeness (QED) is 0.182. The lowest BCUT2D eigenvalue weighted by molar-refractivity contribution is 0.670. The average Bonchev–Trinajstić information content (AvgIpc) is 3.80. The topological polar surface area (TPSA) is 29.5 Å². The van der Waals surface area contributed by atoms with Crippen molar-refractivity contribution in [1.82, 2.24) is 0 Å². The van der Waals surface area contributed by atoms with Crippen LogP contribution < -0.4 is 4.90 Å². The zero-order valence-corrected chi connectivity index (χ0v) is 28.7. The summed E-state index contributed by atoms with van der Waals surface area (Å²) in [4.78, 5) is 2.36. The van der Waals surface area contributed by atoms with E-state index in [1.807, 2.05) is 12.1 Å². The number of hydrogen-bond donors (Lipinski definition) is 0. The molecule has 0 aliphatic rings. The normalized spacial score (nSPS) is 11.8. The van der Waals surface area contributed by atoms with Gasteiger partial charge in [0.25, 0.3) is 0 Å².